The van der Waals surface area contributed by atoms with Crippen molar-refractivity contribution in [2.24, 2.45) is 0 Å². The summed E-state index contributed by atoms with van der Waals surface area (Å²) in [5.74, 6) is -0.103. The van der Waals surface area contributed by atoms with E-state index in [1.54, 1.807) is 7.11 Å². The summed E-state index contributed by atoms with van der Waals surface area (Å²) in [6.45, 7) is 5.12. The maximum absolute atomic E-state index is 13.0. The Balaban J connectivity index is 1.64. The van der Waals surface area contributed by atoms with Gasteiger partial charge < -0.3 is 9.30 Å². The van der Waals surface area contributed by atoms with Crippen LogP contribution in [0, 0.1) is 13.8 Å². The summed E-state index contributed by atoms with van der Waals surface area (Å²) >= 11 is 1.48. The van der Waals surface area contributed by atoms with Crippen molar-refractivity contribution < 1.29 is 9.53 Å². The van der Waals surface area contributed by atoms with E-state index >= 15 is 0 Å². The van der Waals surface area contributed by atoms with Gasteiger partial charge in [-0.25, -0.2) is 4.98 Å². The zero-order chi connectivity index (χ0) is 21.3. The predicted molar refractivity (Wildman–Crippen MR) is 119 cm³/mol. The van der Waals surface area contributed by atoms with Crippen LogP contribution < -0.4 is 5.56 Å². The molecule has 0 bridgehead atoms. The molecule has 154 valence electrons. The molecule has 0 saturated heterocycles. The molecule has 0 atom stereocenters. The molecule has 30 heavy (non-hydrogen) atoms. The quantitative estimate of drug-likeness (QED) is 0.422. The van der Waals surface area contributed by atoms with E-state index in [1.807, 2.05) is 56.3 Å². The number of fused-ring (bicyclic) bond motifs is 1. The number of hydrogen-bond donors (Lipinski definition) is 0. The Morgan fingerprint density at radius 2 is 1.93 bits per heavy atom. The largest absolute Gasteiger partial charge is 0.383 e. The summed E-state index contributed by atoms with van der Waals surface area (Å²) in [6, 6.07) is 13.6. The van der Waals surface area contributed by atoms with E-state index in [0.717, 1.165) is 21.8 Å². The Bertz CT molecular complexity index is 1270. The molecule has 6 nitrogen and oxygen atoms in total. The van der Waals surface area contributed by atoms with Crippen LogP contribution in [0.4, 0.5) is 0 Å². The van der Waals surface area contributed by atoms with E-state index in [0.29, 0.717) is 28.9 Å². The lowest BCUT2D eigenvalue weighted by Gasteiger charge is -2.09. The van der Waals surface area contributed by atoms with Crippen LogP contribution in [0.1, 0.15) is 21.7 Å². The van der Waals surface area contributed by atoms with Crippen molar-refractivity contribution in [3.63, 3.8) is 0 Å². The summed E-state index contributed by atoms with van der Waals surface area (Å²) in [5, 5.41) is 0.541. The summed E-state index contributed by atoms with van der Waals surface area (Å²) in [7, 11) is 1.66. The number of benzene rings is 1. The fraction of sp³-hybridized carbons (Fsp3) is 0.261. The molecule has 0 aliphatic rings. The SMILES string of the molecule is COCCn1c(C)cc(C(=O)Cn2cnc3sc(-c4ccccc4)cc3c2=O)c1C. The molecule has 0 N–H and O–H groups in total. The molecule has 1 aromatic carbocycles. The molecular formula is C23H23N3O3S. The molecule has 0 saturated carbocycles. The Morgan fingerprint density at radius 3 is 2.67 bits per heavy atom. The zero-order valence-electron chi connectivity index (χ0n) is 17.2. The number of carbonyl (C=O) groups excluding carboxylic acids is 1. The second-order valence-corrected chi connectivity index (χ2v) is 8.26. The van der Waals surface area contributed by atoms with Crippen molar-refractivity contribution in [3.05, 3.63) is 76.1 Å². The van der Waals surface area contributed by atoms with E-state index < -0.39 is 0 Å². The molecule has 4 rings (SSSR count). The first-order valence-corrected chi connectivity index (χ1v) is 10.5. The topological polar surface area (TPSA) is 66.1 Å². The van der Waals surface area contributed by atoms with Crippen molar-refractivity contribution in [1.29, 1.82) is 0 Å². The van der Waals surface area contributed by atoms with Gasteiger partial charge in [0, 0.05) is 35.5 Å². The van der Waals surface area contributed by atoms with Gasteiger partial charge in [0.25, 0.3) is 5.56 Å². The molecular weight excluding hydrogens is 398 g/mol. The van der Waals surface area contributed by atoms with Crippen molar-refractivity contribution >= 4 is 27.3 Å². The molecule has 0 radical (unpaired) electrons. The molecule has 3 aromatic heterocycles. The van der Waals surface area contributed by atoms with Crippen molar-refractivity contribution in [3.8, 4) is 10.4 Å². The maximum Gasteiger partial charge on any atom is 0.262 e. The number of aromatic nitrogens is 3. The van der Waals surface area contributed by atoms with E-state index in [-0.39, 0.29) is 17.9 Å². The third kappa shape index (κ3) is 3.74. The number of carbonyl (C=O) groups is 1. The van der Waals surface area contributed by atoms with Gasteiger partial charge in [-0.3, -0.25) is 14.2 Å². The van der Waals surface area contributed by atoms with E-state index in [4.69, 9.17) is 4.74 Å². The third-order valence-electron chi connectivity index (χ3n) is 5.28. The minimum Gasteiger partial charge on any atom is -0.383 e. The van der Waals surface area contributed by atoms with E-state index in [2.05, 4.69) is 9.55 Å². The van der Waals surface area contributed by atoms with Crippen LogP contribution in [-0.2, 0) is 17.8 Å². The van der Waals surface area contributed by atoms with Gasteiger partial charge in [-0.1, -0.05) is 30.3 Å². The molecule has 0 aliphatic carbocycles. The lowest BCUT2D eigenvalue weighted by Crippen LogP contribution is -2.24. The van der Waals surface area contributed by atoms with Gasteiger partial charge in [0.1, 0.15) is 4.83 Å². The Morgan fingerprint density at radius 1 is 1.17 bits per heavy atom. The Kier molecular flexibility index (Phi) is 5.65. The number of hydrogen-bond acceptors (Lipinski definition) is 5. The number of ether oxygens (including phenoxy) is 1. The van der Waals surface area contributed by atoms with Gasteiger partial charge >= 0.3 is 0 Å². The second-order valence-electron chi connectivity index (χ2n) is 7.23. The maximum atomic E-state index is 13.0. The Labute approximate surface area is 178 Å². The first-order valence-electron chi connectivity index (χ1n) is 9.73. The van der Waals surface area contributed by atoms with Crippen LogP contribution in [0.2, 0.25) is 0 Å². The number of methoxy groups -OCH3 is 1. The molecule has 0 fully saturated rings. The summed E-state index contributed by atoms with van der Waals surface area (Å²) < 4.78 is 8.61. The summed E-state index contributed by atoms with van der Waals surface area (Å²) in [6.07, 6.45) is 1.47. The first-order chi connectivity index (χ1) is 14.5. The fourth-order valence-corrected chi connectivity index (χ4v) is 4.66. The minimum absolute atomic E-state index is 0.0349. The fourth-order valence-electron chi connectivity index (χ4n) is 3.67. The normalized spacial score (nSPS) is 11.3. The highest BCUT2D eigenvalue weighted by atomic mass is 32.1. The highest BCUT2D eigenvalue weighted by Gasteiger charge is 2.18. The van der Waals surface area contributed by atoms with Gasteiger partial charge in [-0.05, 0) is 31.5 Å². The van der Waals surface area contributed by atoms with Gasteiger partial charge in [-0.2, -0.15) is 0 Å². The standard InChI is InChI=1S/C23H23N3O3S/c1-15-11-18(16(2)26(15)9-10-29-3)20(27)13-25-14-24-22-19(23(25)28)12-21(30-22)17-7-5-4-6-8-17/h4-8,11-12,14H,9-10,13H2,1-3H3. The smallest absolute Gasteiger partial charge is 0.262 e. The van der Waals surface area contributed by atoms with Gasteiger partial charge in [-0.15, -0.1) is 11.3 Å². The number of thiophene rings is 1. The van der Waals surface area contributed by atoms with E-state index in [9.17, 15) is 9.59 Å². The molecule has 0 aliphatic heterocycles. The van der Waals surface area contributed by atoms with Crippen molar-refractivity contribution in [2.75, 3.05) is 13.7 Å². The highest BCUT2D eigenvalue weighted by Crippen LogP contribution is 2.30. The van der Waals surface area contributed by atoms with Crippen LogP contribution >= 0.6 is 11.3 Å². The van der Waals surface area contributed by atoms with Crippen LogP contribution in [0.25, 0.3) is 20.7 Å². The number of rotatable bonds is 7. The summed E-state index contributed by atoms with van der Waals surface area (Å²) in [5.41, 5.74) is 3.37. The minimum atomic E-state index is -0.194. The first kappa shape index (κ1) is 20.3. The second kappa shape index (κ2) is 8.38. The molecule has 0 amide bonds. The van der Waals surface area contributed by atoms with Crippen molar-refractivity contribution in [2.45, 2.75) is 26.9 Å². The van der Waals surface area contributed by atoms with Crippen LogP contribution in [0.15, 0.2) is 53.6 Å². The average molecular weight is 422 g/mol. The average Bonchev–Trinajstić information content (AvgIpc) is 3.31. The molecule has 3 heterocycles. The lowest BCUT2D eigenvalue weighted by atomic mass is 10.1. The molecule has 4 aromatic rings. The lowest BCUT2D eigenvalue weighted by molar-refractivity contribution is 0.0969. The monoisotopic (exact) mass is 421 g/mol. The van der Waals surface area contributed by atoms with Crippen LogP contribution in [-0.4, -0.2) is 33.6 Å². The van der Waals surface area contributed by atoms with Crippen molar-refractivity contribution in [1.82, 2.24) is 14.1 Å². The van der Waals surface area contributed by atoms with Crippen LogP contribution in [0.3, 0.4) is 0 Å². The van der Waals surface area contributed by atoms with Gasteiger partial charge in [0.05, 0.1) is 24.9 Å². The van der Waals surface area contributed by atoms with Gasteiger partial charge in [0.15, 0.2) is 5.78 Å². The third-order valence-corrected chi connectivity index (χ3v) is 6.38. The molecule has 7 heteroatoms. The zero-order valence-corrected chi connectivity index (χ0v) is 18.0. The number of aryl methyl sites for hydroxylation is 1. The molecule has 0 unspecified atom stereocenters. The summed E-state index contributed by atoms with van der Waals surface area (Å²) in [4.78, 5) is 32.0. The highest BCUT2D eigenvalue weighted by molar-refractivity contribution is 7.21. The van der Waals surface area contributed by atoms with Crippen LogP contribution in [0.5, 0.6) is 0 Å². The number of ketones is 1. The van der Waals surface area contributed by atoms with E-state index in [1.165, 1.54) is 22.2 Å². The predicted octanol–water partition coefficient (Wildman–Crippen LogP) is 4.07. The Hall–Kier alpha value is -3.03. The van der Waals surface area contributed by atoms with Gasteiger partial charge in [0.2, 0.25) is 0 Å². The number of Topliss-reactive ketones (excluding diaryl/α,β-unsaturated/α-hetero) is 1. The molecule has 0 spiro atoms. The number of nitrogens with zero attached hydrogens (tertiary/aromatic N) is 3.